The fraction of sp³-hybridized carbons (Fsp3) is 0.636. The summed E-state index contributed by atoms with van der Waals surface area (Å²) in [4.78, 5) is 23.3. The van der Waals surface area contributed by atoms with Crippen molar-refractivity contribution in [2.45, 2.75) is 24.9 Å². The van der Waals surface area contributed by atoms with Crippen molar-refractivity contribution in [2.75, 3.05) is 66.6 Å². The molecular weight excluding hydrogens is 509 g/mol. The molecule has 2 atom stereocenters. The van der Waals surface area contributed by atoms with Crippen molar-refractivity contribution in [2.24, 2.45) is 4.99 Å². The molecule has 4 rings (SSSR count). The lowest BCUT2D eigenvalue weighted by Crippen LogP contribution is -2.47. The van der Waals surface area contributed by atoms with Crippen LogP contribution in [0.1, 0.15) is 24.4 Å². The summed E-state index contributed by atoms with van der Waals surface area (Å²) in [6, 6.07) is 8.80. The molecule has 31 heavy (non-hydrogen) atoms. The van der Waals surface area contributed by atoms with E-state index in [4.69, 9.17) is 14.5 Å². The molecule has 3 aliphatic rings. The molecule has 1 aromatic rings. The number of carbonyl (C=O) groups excluding carboxylic acids is 1. The Bertz CT molecular complexity index is 769. The average Bonchev–Trinajstić information content (AvgIpc) is 3.27. The Balaban J connectivity index is 0.00000272. The van der Waals surface area contributed by atoms with Crippen molar-refractivity contribution in [1.29, 1.82) is 0 Å². The van der Waals surface area contributed by atoms with Crippen molar-refractivity contribution < 1.29 is 14.3 Å². The van der Waals surface area contributed by atoms with Gasteiger partial charge in [0.15, 0.2) is 5.96 Å². The normalized spacial score (nSPS) is 24.1. The van der Waals surface area contributed by atoms with Crippen LogP contribution >= 0.6 is 24.0 Å². The molecule has 1 amide bonds. The molecule has 172 valence electrons. The molecule has 9 heteroatoms. The average molecular weight is 543 g/mol. The number of aliphatic imine (C=N–C) groups is 1. The first-order valence-electron chi connectivity index (χ1n) is 10.9. The molecule has 0 spiro atoms. The Morgan fingerprint density at radius 3 is 2.71 bits per heavy atom. The van der Waals surface area contributed by atoms with E-state index in [9.17, 15) is 4.79 Å². The van der Waals surface area contributed by atoms with Gasteiger partial charge in [0, 0.05) is 58.3 Å². The summed E-state index contributed by atoms with van der Waals surface area (Å²) in [7, 11) is 3.54. The van der Waals surface area contributed by atoms with Gasteiger partial charge in [0.05, 0.1) is 25.9 Å². The maximum absolute atomic E-state index is 12.2. The van der Waals surface area contributed by atoms with E-state index in [1.807, 2.05) is 18.2 Å². The lowest BCUT2D eigenvalue weighted by atomic mass is 10.0. The van der Waals surface area contributed by atoms with Crippen molar-refractivity contribution in [3.8, 4) is 5.75 Å². The summed E-state index contributed by atoms with van der Waals surface area (Å²) in [6.45, 7) is 6.29. The number of amides is 1. The first kappa shape index (κ1) is 24.1. The highest BCUT2D eigenvalue weighted by Crippen LogP contribution is 2.32. The summed E-state index contributed by atoms with van der Waals surface area (Å²) in [6.07, 6.45) is 1.98. The highest BCUT2D eigenvalue weighted by molar-refractivity contribution is 14.0. The molecule has 3 heterocycles. The zero-order valence-electron chi connectivity index (χ0n) is 18.5. The number of carbonyl (C=O) groups is 1. The van der Waals surface area contributed by atoms with E-state index in [0.717, 1.165) is 69.5 Å². The number of likely N-dealkylation sites (tertiary alicyclic amines) is 1. The van der Waals surface area contributed by atoms with Crippen molar-refractivity contribution >= 4 is 35.8 Å². The van der Waals surface area contributed by atoms with Crippen LogP contribution < -0.4 is 10.1 Å². The smallest absolute Gasteiger partial charge is 0.243 e. The Morgan fingerprint density at radius 2 is 1.94 bits per heavy atom. The van der Waals surface area contributed by atoms with E-state index in [2.05, 4.69) is 21.2 Å². The lowest BCUT2D eigenvalue weighted by Gasteiger charge is -2.33. The van der Waals surface area contributed by atoms with E-state index in [1.54, 1.807) is 19.0 Å². The summed E-state index contributed by atoms with van der Waals surface area (Å²) in [5.41, 5.74) is 1.15. The maximum Gasteiger partial charge on any atom is 0.243 e. The van der Waals surface area contributed by atoms with E-state index in [-0.39, 0.29) is 42.5 Å². The lowest BCUT2D eigenvalue weighted by molar-refractivity contribution is -0.127. The largest absolute Gasteiger partial charge is 0.493 e. The Kier molecular flexibility index (Phi) is 8.79. The summed E-state index contributed by atoms with van der Waals surface area (Å²) >= 11 is 0. The molecule has 2 unspecified atom stereocenters. The van der Waals surface area contributed by atoms with Crippen molar-refractivity contribution in [1.82, 2.24) is 20.0 Å². The second-order valence-corrected chi connectivity index (χ2v) is 8.34. The molecule has 0 aromatic heterocycles. The SMILES string of the molecule is CN(C)C(=O)CN=C(NC1CCOc2ccccc21)N1CCC(N2CCOCC2)C1.I. The molecule has 0 aliphatic carbocycles. The molecule has 2 fully saturated rings. The van der Waals surface area contributed by atoms with Gasteiger partial charge >= 0.3 is 0 Å². The number of benzene rings is 1. The van der Waals surface area contributed by atoms with E-state index in [0.29, 0.717) is 12.6 Å². The first-order chi connectivity index (χ1) is 14.6. The monoisotopic (exact) mass is 543 g/mol. The number of guanidine groups is 1. The van der Waals surface area contributed by atoms with Crippen LogP contribution in [-0.4, -0.2) is 99.2 Å². The molecule has 0 saturated carbocycles. The molecule has 2 saturated heterocycles. The number of hydrogen-bond donors (Lipinski definition) is 1. The van der Waals surface area contributed by atoms with Gasteiger partial charge in [-0.15, -0.1) is 24.0 Å². The molecule has 1 aromatic carbocycles. The van der Waals surface area contributed by atoms with E-state index in [1.165, 1.54) is 0 Å². The van der Waals surface area contributed by atoms with Crippen LogP contribution in [0.3, 0.4) is 0 Å². The number of fused-ring (bicyclic) bond motifs is 1. The third kappa shape index (κ3) is 6.01. The van der Waals surface area contributed by atoms with Crippen molar-refractivity contribution in [3.05, 3.63) is 29.8 Å². The zero-order chi connectivity index (χ0) is 20.9. The second kappa shape index (κ2) is 11.3. The maximum atomic E-state index is 12.2. The standard InChI is InChI=1S/C22H33N5O3.HI/c1-25(2)21(28)15-23-22(24-19-8-12-30-20-6-4-3-5-18(19)20)27-9-7-17(16-27)26-10-13-29-14-11-26;/h3-6,17,19H,7-16H2,1-2H3,(H,23,24);1H. The number of para-hydroxylation sites is 1. The quantitative estimate of drug-likeness (QED) is 0.354. The van der Waals surface area contributed by atoms with Gasteiger partial charge in [-0.3, -0.25) is 9.69 Å². The van der Waals surface area contributed by atoms with Crippen LogP contribution in [-0.2, 0) is 9.53 Å². The van der Waals surface area contributed by atoms with Gasteiger partial charge in [-0.25, -0.2) is 4.99 Å². The fourth-order valence-corrected chi connectivity index (χ4v) is 4.34. The Morgan fingerprint density at radius 1 is 1.16 bits per heavy atom. The first-order valence-corrected chi connectivity index (χ1v) is 10.9. The molecule has 8 nitrogen and oxygen atoms in total. The van der Waals surface area contributed by atoms with Crippen LogP contribution in [0, 0.1) is 0 Å². The van der Waals surface area contributed by atoms with E-state index >= 15 is 0 Å². The topological polar surface area (TPSA) is 69.6 Å². The molecule has 0 bridgehead atoms. The minimum absolute atomic E-state index is 0. The highest BCUT2D eigenvalue weighted by Gasteiger charge is 2.32. The van der Waals surface area contributed by atoms with Gasteiger partial charge in [0.2, 0.25) is 5.91 Å². The minimum atomic E-state index is 0. The number of halogens is 1. The summed E-state index contributed by atoms with van der Waals surface area (Å²) in [5, 5.41) is 3.65. The van der Waals surface area contributed by atoms with Gasteiger partial charge in [0.25, 0.3) is 0 Å². The molecular formula is C22H34IN5O3. The number of rotatable bonds is 4. The van der Waals surface area contributed by atoms with Crippen LogP contribution in [0.25, 0.3) is 0 Å². The number of likely N-dealkylation sites (N-methyl/N-ethyl adjacent to an activating group) is 1. The molecule has 1 N–H and O–H groups in total. The van der Waals surface area contributed by atoms with E-state index < -0.39 is 0 Å². The van der Waals surface area contributed by atoms with Gasteiger partial charge in [0.1, 0.15) is 12.3 Å². The molecule has 3 aliphatic heterocycles. The number of morpholine rings is 1. The van der Waals surface area contributed by atoms with Gasteiger partial charge < -0.3 is 24.6 Å². The Hall–Kier alpha value is -1.59. The van der Waals surface area contributed by atoms with Gasteiger partial charge in [-0.1, -0.05) is 18.2 Å². The highest BCUT2D eigenvalue weighted by atomic mass is 127. The van der Waals surface area contributed by atoms with Crippen LogP contribution in [0.2, 0.25) is 0 Å². The van der Waals surface area contributed by atoms with Crippen LogP contribution in [0.5, 0.6) is 5.75 Å². The number of ether oxygens (including phenoxy) is 2. The van der Waals surface area contributed by atoms with Crippen LogP contribution in [0.4, 0.5) is 0 Å². The number of nitrogens with one attached hydrogen (secondary N) is 1. The third-order valence-corrected chi connectivity index (χ3v) is 6.15. The van der Waals surface area contributed by atoms with Gasteiger partial charge in [-0.2, -0.15) is 0 Å². The minimum Gasteiger partial charge on any atom is -0.493 e. The fourth-order valence-electron chi connectivity index (χ4n) is 4.34. The van der Waals surface area contributed by atoms with Gasteiger partial charge in [-0.05, 0) is 12.5 Å². The molecule has 0 radical (unpaired) electrons. The zero-order valence-corrected chi connectivity index (χ0v) is 20.8. The van der Waals surface area contributed by atoms with Crippen molar-refractivity contribution in [3.63, 3.8) is 0 Å². The number of nitrogens with zero attached hydrogens (tertiary/aromatic N) is 4. The number of hydrogen-bond acceptors (Lipinski definition) is 5. The third-order valence-electron chi connectivity index (χ3n) is 6.15. The summed E-state index contributed by atoms with van der Waals surface area (Å²) in [5.74, 6) is 1.76. The predicted octanol–water partition coefficient (Wildman–Crippen LogP) is 1.57. The van der Waals surface area contributed by atoms with Crippen LogP contribution in [0.15, 0.2) is 29.3 Å². The predicted molar refractivity (Wildman–Crippen MR) is 131 cm³/mol. The second-order valence-electron chi connectivity index (χ2n) is 8.34. The Labute approximate surface area is 202 Å². The summed E-state index contributed by atoms with van der Waals surface area (Å²) < 4.78 is 11.3.